The number of nitrogens with zero attached hydrogens (tertiary/aromatic N) is 4. The number of carbonyl (C=O) groups is 1. The van der Waals surface area contributed by atoms with Crippen LogP contribution in [0.25, 0.3) is 27.8 Å². The predicted molar refractivity (Wildman–Crippen MR) is 142 cm³/mol. The van der Waals surface area contributed by atoms with E-state index in [9.17, 15) is 4.79 Å². The third-order valence-electron chi connectivity index (χ3n) is 5.51. The van der Waals surface area contributed by atoms with Crippen LogP contribution in [0.2, 0.25) is 0 Å². The molecule has 1 amide bonds. The van der Waals surface area contributed by atoms with Gasteiger partial charge in [0.25, 0.3) is 5.91 Å². The maximum Gasteiger partial charge on any atom is 0.250 e. The Kier molecular flexibility index (Phi) is 6.68. The number of amides is 1. The molecule has 4 aromatic carbocycles. The molecule has 0 fully saturated rings. The standard InChI is InChI=1S/C28H23N5OS/c1-20-14-16-24(17-15-20)33-27(22-9-3-2-4-10-22)31-32-28(33)35-19-26(34)30-29-18-23-12-7-11-21-8-5-6-13-25(21)23/h2-18H,19H2,1H3,(H,30,34). The van der Waals surface area contributed by atoms with Crippen LogP contribution in [0.1, 0.15) is 11.1 Å². The summed E-state index contributed by atoms with van der Waals surface area (Å²) in [6.45, 7) is 2.05. The monoisotopic (exact) mass is 477 g/mol. The van der Waals surface area contributed by atoms with Crippen molar-refractivity contribution in [1.29, 1.82) is 0 Å². The lowest BCUT2D eigenvalue weighted by Crippen LogP contribution is -2.20. The molecule has 1 N–H and O–H groups in total. The molecule has 0 bridgehead atoms. The van der Waals surface area contributed by atoms with Gasteiger partial charge < -0.3 is 0 Å². The number of benzene rings is 4. The molecule has 7 heteroatoms. The molecule has 0 saturated heterocycles. The first-order chi connectivity index (χ1) is 17.2. The van der Waals surface area contributed by atoms with Crippen molar-refractivity contribution < 1.29 is 4.79 Å². The Morgan fingerprint density at radius 3 is 2.49 bits per heavy atom. The molecule has 1 heterocycles. The van der Waals surface area contributed by atoms with Gasteiger partial charge in [0.1, 0.15) is 0 Å². The molecule has 0 aliphatic rings. The fourth-order valence-corrected chi connectivity index (χ4v) is 4.51. The van der Waals surface area contributed by atoms with Gasteiger partial charge in [-0.1, -0.05) is 102 Å². The number of hydrogen-bond acceptors (Lipinski definition) is 5. The van der Waals surface area contributed by atoms with Gasteiger partial charge in [-0.15, -0.1) is 10.2 Å². The third-order valence-corrected chi connectivity index (χ3v) is 6.44. The summed E-state index contributed by atoms with van der Waals surface area (Å²) in [5, 5.41) is 15.8. The average molecular weight is 478 g/mol. The molecule has 0 radical (unpaired) electrons. The van der Waals surface area contributed by atoms with Crippen molar-refractivity contribution >= 4 is 34.7 Å². The van der Waals surface area contributed by atoms with E-state index in [0.29, 0.717) is 5.16 Å². The van der Waals surface area contributed by atoms with Crippen LogP contribution in [0.15, 0.2) is 107 Å². The molecule has 5 aromatic rings. The molecule has 35 heavy (non-hydrogen) atoms. The van der Waals surface area contributed by atoms with E-state index in [0.717, 1.165) is 33.4 Å². The summed E-state index contributed by atoms with van der Waals surface area (Å²) in [4.78, 5) is 12.5. The second kappa shape index (κ2) is 10.4. The molecule has 1 aromatic heterocycles. The zero-order valence-electron chi connectivity index (χ0n) is 19.1. The van der Waals surface area contributed by atoms with E-state index < -0.39 is 0 Å². The van der Waals surface area contributed by atoms with E-state index >= 15 is 0 Å². The van der Waals surface area contributed by atoms with Crippen molar-refractivity contribution in [2.45, 2.75) is 12.1 Å². The Hall–Kier alpha value is -4.23. The first-order valence-electron chi connectivity index (χ1n) is 11.2. The number of fused-ring (bicyclic) bond motifs is 1. The number of nitrogens with one attached hydrogen (secondary N) is 1. The number of thioether (sulfide) groups is 1. The predicted octanol–water partition coefficient (Wildman–Crippen LogP) is 5.64. The molecular weight excluding hydrogens is 454 g/mol. The highest BCUT2D eigenvalue weighted by Gasteiger charge is 2.17. The van der Waals surface area contributed by atoms with Crippen molar-refractivity contribution in [3.63, 3.8) is 0 Å². The average Bonchev–Trinajstić information content (AvgIpc) is 3.32. The molecule has 0 aliphatic carbocycles. The van der Waals surface area contributed by atoms with E-state index in [-0.39, 0.29) is 11.7 Å². The Balaban J connectivity index is 1.32. The van der Waals surface area contributed by atoms with Crippen LogP contribution in [0.4, 0.5) is 0 Å². The van der Waals surface area contributed by atoms with E-state index in [4.69, 9.17) is 0 Å². The van der Waals surface area contributed by atoms with Gasteiger partial charge in [0.15, 0.2) is 11.0 Å². The molecule has 0 aliphatic heterocycles. The fourth-order valence-electron chi connectivity index (χ4n) is 3.76. The highest BCUT2D eigenvalue weighted by molar-refractivity contribution is 7.99. The zero-order chi connectivity index (χ0) is 24.0. The first kappa shape index (κ1) is 22.6. The molecule has 0 saturated carbocycles. The maximum absolute atomic E-state index is 12.5. The van der Waals surface area contributed by atoms with Crippen LogP contribution < -0.4 is 5.43 Å². The maximum atomic E-state index is 12.5. The summed E-state index contributed by atoms with van der Waals surface area (Å²) in [5.41, 5.74) is 6.63. The highest BCUT2D eigenvalue weighted by Crippen LogP contribution is 2.28. The van der Waals surface area contributed by atoms with Gasteiger partial charge in [-0.25, -0.2) is 5.43 Å². The number of hydrogen-bond donors (Lipinski definition) is 1. The smallest absolute Gasteiger partial charge is 0.250 e. The van der Waals surface area contributed by atoms with E-state index in [1.54, 1.807) is 6.21 Å². The summed E-state index contributed by atoms with van der Waals surface area (Å²) >= 11 is 1.32. The Morgan fingerprint density at radius 1 is 0.914 bits per heavy atom. The fraction of sp³-hybridized carbons (Fsp3) is 0.0714. The molecule has 5 rings (SSSR count). The number of rotatable bonds is 7. The van der Waals surface area contributed by atoms with Gasteiger partial charge in [0.05, 0.1) is 12.0 Å². The third kappa shape index (κ3) is 5.15. The van der Waals surface area contributed by atoms with Gasteiger partial charge in [0.2, 0.25) is 0 Å². The normalized spacial score (nSPS) is 11.2. The number of aryl methyl sites for hydroxylation is 1. The molecule has 0 atom stereocenters. The summed E-state index contributed by atoms with van der Waals surface area (Å²) < 4.78 is 1.98. The minimum atomic E-state index is -0.216. The molecule has 6 nitrogen and oxygen atoms in total. The second-order valence-electron chi connectivity index (χ2n) is 7.99. The lowest BCUT2D eigenvalue weighted by atomic mass is 10.1. The lowest BCUT2D eigenvalue weighted by molar-refractivity contribution is -0.118. The Labute approximate surface area is 207 Å². The van der Waals surface area contributed by atoms with E-state index in [2.05, 4.69) is 32.9 Å². The molecule has 0 unspecified atom stereocenters. The number of carbonyl (C=O) groups excluding carboxylic acids is 1. The summed E-state index contributed by atoms with van der Waals surface area (Å²) in [6, 6.07) is 32.1. The van der Waals surface area contributed by atoms with Crippen molar-refractivity contribution in [1.82, 2.24) is 20.2 Å². The van der Waals surface area contributed by atoms with Crippen molar-refractivity contribution in [3.05, 3.63) is 108 Å². The zero-order valence-corrected chi connectivity index (χ0v) is 19.9. The van der Waals surface area contributed by atoms with Crippen LogP contribution in [0.5, 0.6) is 0 Å². The van der Waals surface area contributed by atoms with Crippen molar-refractivity contribution in [2.24, 2.45) is 5.10 Å². The number of aromatic nitrogens is 3. The quantitative estimate of drug-likeness (QED) is 0.187. The Bertz CT molecular complexity index is 1490. The SMILES string of the molecule is Cc1ccc(-n2c(SCC(=O)NN=Cc3cccc4ccccc34)nnc2-c2ccccc2)cc1. The number of hydrazone groups is 1. The molecule has 0 spiro atoms. The van der Waals surface area contributed by atoms with Gasteiger partial charge in [-0.2, -0.15) is 5.10 Å². The summed E-state index contributed by atoms with van der Waals surface area (Å²) in [5.74, 6) is 0.670. The van der Waals surface area contributed by atoms with Crippen molar-refractivity contribution in [3.8, 4) is 17.1 Å². The van der Waals surface area contributed by atoms with Crippen LogP contribution in [0.3, 0.4) is 0 Å². The van der Waals surface area contributed by atoms with Crippen LogP contribution >= 0.6 is 11.8 Å². The minimum Gasteiger partial charge on any atom is -0.272 e. The molecule has 172 valence electrons. The van der Waals surface area contributed by atoms with Crippen LogP contribution in [-0.2, 0) is 4.79 Å². The van der Waals surface area contributed by atoms with E-state index in [1.807, 2.05) is 96.4 Å². The Morgan fingerprint density at radius 2 is 1.66 bits per heavy atom. The van der Waals surface area contributed by atoms with Crippen LogP contribution in [-0.4, -0.2) is 32.6 Å². The highest BCUT2D eigenvalue weighted by atomic mass is 32.2. The van der Waals surface area contributed by atoms with E-state index in [1.165, 1.54) is 17.3 Å². The topological polar surface area (TPSA) is 72.2 Å². The van der Waals surface area contributed by atoms with Gasteiger partial charge in [-0.05, 0) is 29.8 Å². The first-order valence-corrected chi connectivity index (χ1v) is 12.2. The molecular formula is C28H23N5OS. The van der Waals surface area contributed by atoms with Gasteiger partial charge >= 0.3 is 0 Å². The lowest BCUT2D eigenvalue weighted by Gasteiger charge is -2.10. The largest absolute Gasteiger partial charge is 0.272 e. The van der Waals surface area contributed by atoms with Gasteiger partial charge in [-0.3, -0.25) is 9.36 Å². The summed E-state index contributed by atoms with van der Waals surface area (Å²) in [7, 11) is 0. The van der Waals surface area contributed by atoms with Crippen LogP contribution in [0, 0.1) is 6.92 Å². The van der Waals surface area contributed by atoms with Crippen molar-refractivity contribution in [2.75, 3.05) is 5.75 Å². The minimum absolute atomic E-state index is 0.158. The second-order valence-corrected chi connectivity index (χ2v) is 8.94. The summed E-state index contributed by atoms with van der Waals surface area (Å²) in [6.07, 6.45) is 1.67. The van der Waals surface area contributed by atoms with Gasteiger partial charge in [0, 0.05) is 16.8 Å².